The highest BCUT2D eigenvalue weighted by atomic mass is 32.1. The van der Waals surface area contributed by atoms with E-state index < -0.39 is 39.1 Å². The van der Waals surface area contributed by atoms with Gasteiger partial charge in [-0.15, -0.1) is 0 Å². The first kappa shape index (κ1) is 57.1. The van der Waals surface area contributed by atoms with Crippen LogP contribution in [0.25, 0.3) is 0 Å². The van der Waals surface area contributed by atoms with Gasteiger partial charge in [0, 0.05) is 5.41 Å². The number of carbonyl (C=O) groups is 3. The van der Waals surface area contributed by atoms with Gasteiger partial charge in [0.2, 0.25) is 0 Å². The number of hydrogen-bond acceptors (Lipinski definition) is 9. The van der Waals surface area contributed by atoms with Crippen LogP contribution in [-0.2, 0) is 14.4 Å². The Hall–Kier alpha value is -0.660. The van der Waals surface area contributed by atoms with Crippen LogP contribution in [0.3, 0.4) is 0 Å². The molecule has 0 saturated carbocycles. The van der Waals surface area contributed by atoms with Gasteiger partial charge in [-0.2, -0.15) is 37.9 Å². The van der Waals surface area contributed by atoms with E-state index >= 15 is 0 Å². The summed E-state index contributed by atoms with van der Waals surface area (Å²) in [5, 5.41) is 50.3. The van der Waals surface area contributed by atoms with E-state index in [9.17, 15) is 14.4 Å². The van der Waals surface area contributed by atoms with E-state index in [1.165, 1.54) is 96.3 Å². The molecule has 0 saturated heterocycles. The highest BCUT2D eigenvalue weighted by molar-refractivity contribution is 7.82. The molecular weight excluding hydrogens is 709 g/mol. The van der Waals surface area contributed by atoms with Crippen molar-refractivity contribution >= 4 is 55.8 Å². The molecule has 0 bridgehead atoms. The van der Waals surface area contributed by atoms with E-state index in [4.69, 9.17) is 30.6 Å². The van der Waals surface area contributed by atoms with E-state index in [1.54, 1.807) is 0 Å². The Morgan fingerprint density at radius 2 is 0.608 bits per heavy atom. The average molecular weight is 789 g/mol. The summed E-state index contributed by atoms with van der Waals surface area (Å²) in [6, 6.07) is 0. The van der Waals surface area contributed by atoms with Crippen LogP contribution in [0.5, 0.6) is 0 Å². The maximum absolute atomic E-state index is 10.4. The monoisotopic (exact) mass is 788 g/mol. The lowest BCUT2D eigenvalue weighted by Gasteiger charge is -2.24. The van der Waals surface area contributed by atoms with Crippen molar-refractivity contribution in [3.05, 3.63) is 0 Å². The van der Waals surface area contributed by atoms with Gasteiger partial charge in [-0.1, -0.05) is 163 Å². The molecule has 0 fully saturated rings. The molecule has 308 valence electrons. The zero-order valence-corrected chi connectivity index (χ0v) is 35.5. The molecule has 0 rings (SSSR count). The third-order valence-electron chi connectivity index (χ3n) is 8.85. The van der Waals surface area contributed by atoms with Gasteiger partial charge in [0.05, 0.1) is 35.6 Å². The third-order valence-corrected chi connectivity index (χ3v) is 10.3. The molecule has 0 radical (unpaired) electrons. The lowest BCUT2D eigenvalue weighted by Crippen LogP contribution is -2.32. The fourth-order valence-corrected chi connectivity index (χ4v) is 5.29. The quantitative estimate of drug-likeness (QED) is 0.0245. The van der Waals surface area contributed by atoms with Crippen LogP contribution in [0.15, 0.2) is 0 Å². The summed E-state index contributed by atoms with van der Waals surface area (Å²) in [5.74, 6) is -2.38. The van der Waals surface area contributed by atoms with E-state index in [0.717, 1.165) is 38.5 Å². The minimum absolute atomic E-state index is 0.156. The van der Waals surface area contributed by atoms with Crippen LogP contribution < -0.4 is 0 Å². The Balaban J connectivity index is -0.000000292. The normalized spacial score (nSPS) is 12.6. The third kappa shape index (κ3) is 43.6. The molecule has 0 aliphatic carbocycles. The summed E-state index contributed by atoms with van der Waals surface area (Å²) in [6.45, 7) is 7.97. The van der Waals surface area contributed by atoms with Crippen molar-refractivity contribution in [1.82, 2.24) is 0 Å². The van der Waals surface area contributed by atoms with Crippen molar-refractivity contribution in [3.8, 4) is 0 Å². The number of unbranched alkanes of at least 4 members (excludes halogenated alkanes) is 18. The van der Waals surface area contributed by atoms with Crippen LogP contribution in [0.1, 0.15) is 188 Å². The summed E-state index contributed by atoms with van der Waals surface area (Å²) in [4.78, 5) is 31.3. The molecule has 0 aliphatic heterocycles. The second-order valence-corrected chi connectivity index (χ2v) is 15.5. The summed E-state index contributed by atoms with van der Waals surface area (Å²) in [6.07, 6.45) is 28.4. The van der Waals surface area contributed by atoms with Gasteiger partial charge in [0.1, 0.15) is 0 Å². The molecule has 3 unspecified atom stereocenters. The largest absolute Gasteiger partial charge is 0.480 e. The first-order valence-electron chi connectivity index (χ1n) is 19.8. The lowest BCUT2D eigenvalue weighted by atomic mass is 9.88. The Morgan fingerprint density at radius 3 is 0.745 bits per heavy atom. The highest BCUT2D eigenvalue weighted by Crippen LogP contribution is 2.18. The molecule has 0 aromatic heterocycles. The van der Waals surface area contributed by atoms with Gasteiger partial charge in [-0.25, -0.2) is 0 Å². The van der Waals surface area contributed by atoms with Gasteiger partial charge in [-0.05, 0) is 25.7 Å². The Bertz CT molecular complexity index is 657. The molecule has 12 heteroatoms. The van der Waals surface area contributed by atoms with Crippen molar-refractivity contribution in [2.75, 3.05) is 19.8 Å². The smallest absolute Gasteiger partial charge is 0.316 e. The molecule has 51 heavy (non-hydrogen) atoms. The molecule has 3 atom stereocenters. The SMILES string of the molecule is CCC(CO)(CO)CO.CCCCCCCCCC(S)C(=O)O.CCCCCCCCCC(S)C(=O)O.CCCCCCCCCC(S)C(=O)O. The number of aliphatic hydroxyl groups is 3. The minimum Gasteiger partial charge on any atom is -0.480 e. The summed E-state index contributed by atoms with van der Waals surface area (Å²) in [5.41, 5.74) is -0.667. The maximum Gasteiger partial charge on any atom is 0.316 e. The van der Waals surface area contributed by atoms with Crippen LogP contribution >= 0.6 is 37.9 Å². The first-order chi connectivity index (χ1) is 24.3. The van der Waals surface area contributed by atoms with Crippen molar-refractivity contribution < 1.29 is 45.0 Å². The predicted molar refractivity (Wildman–Crippen MR) is 223 cm³/mol. The Kier molecular flexibility index (Phi) is 48.9. The van der Waals surface area contributed by atoms with E-state index in [-0.39, 0.29) is 19.8 Å². The van der Waals surface area contributed by atoms with Crippen LogP contribution in [0, 0.1) is 5.41 Å². The summed E-state index contributed by atoms with van der Waals surface area (Å²) < 4.78 is 0. The second kappa shape index (κ2) is 43.7. The Morgan fingerprint density at radius 1 is 0.412 bits per heavy atom. The van der Waals surface area contributed by atoms with Crippen molar-refractivity contribution in [3.63, 3.8) is 0 Å². The van der Waals surface area contributed by atoms with Gasteiger partial charge < -0.3 is 30.6 Å². The van der Waals surface area contributed by atoms with E-state index in [1.807, 2.05) is 6.92 Å². The van der Waals surface area contributed by atoms with Crippen molar-refractivity contribution in [1.29, 1.82) is 0 Å². The molecule has 0 aromatic rings. The zero-order valence-electron chi connectivity index (χ0n) is 32.8. The van der Waals surface area contributed by atoms with Gasteiger partial charge in [-0.3, -0.25) is 14.4 Å². The molecular formula is C39H80O9S3. The van der Waals surface area contributed by atoms with Crippen LogP contribution in [-0.4, -0.2) is 84.1 Å². The maximum atomic E-state index is 10.4. The van der Waals surface area contributed by atoms with E-state index in [2.05, 4.69) is 58.7 Å². The molecule has 6 N–H and O–H groups in total. The lowest BCUT2D eigenvalue weighted by molar-refractivity contribution is -0.137. The highest BCUT2D eigenvalue weighted by Gasteiger charge is 2.25. The average Bonchev–Trinajstić information content (AvgIpc) is 3.12. The molecule has 9 nitrogen and oxygen atoms in total. The van der Waals surface area contributed by atoms with E-state index in [0.29, 0.717) is 25.7 Å². The zero-order chi connectivity index (χ0) is 39.8. The van der Waals surface area contributed by atoms with Crippen LogP contribution in [0.4, 0.5) is 0 Å². The number of aliphatic hydroxyl groups excluding tert-OH is 3. The predicted octanol–water partition coefficient (Wildman–Crippen LogP) is 9.89. The first-order valence-corrected chi connectivity index (χ1v) is 21.4. The number of carboxylic acids is 3. The van der Waals surface area contributed by atoms with Gasteiger partial charge >= 0.3 is 17.9 Å². The molecule has 0 aromatic carbocycles. The van der Waals surface area contributed by atoms with Crippen molar-refractivity contribution in [2.45, 2.75) is 204 Å². The standard InChI is InChI=1S/3C11H22O2S.C6H14O3/c3*1-2-3-4-5-6-7-8-9-10(14)11(12)13;1-2-6(3-7,4-8)5-9/h3*10,14H,2-9H2,1H3,(H,12,13);7-9H,2-5H2,1H3. The summed E-state index contributed by atoms with van der Waals surface area (Å²) in [7, 11) is 0. The fourth-order valence-electron chi connectivity index (χ4n) is 4.74. The molecule has 0 spiro atoms. The van der Waals surface area contributed by atoms with Gasteiger partial charge in [0.25, 0.3) is 0 Å². The second-order valence-electron chi connectivity index (χ2n) is 13.6. The topological polar surface area (TPSA) is 173 Å². The molecule has 0 amide bonds. The fraction of sp³-hybridized carbons (Fsp3) is 0.923. The molecule has 0 heterocycles. The number of hydrogen-bond donors (Lipinski definition) is 9. The van der Waals surface area contributed by atoms with Gasteiger partial charge in [0.15, 0.2) is 0 Å². The number of carboxylic acid groups (broad SMARTS) is 3. The van der Waals surface area contributed by atoms with Crippen molar-refractivity contribution in [2.24, 2.45) is 5.41 Å². The number of rotatable bonds is 31. The Labute approximate surface area is 328 Å². The summed E-state index contributed by atoms with van der Waals surface area (Å²) >= 11 is 12.0. The minimum atomic E-state index is -0.792. The molecule has 0 aliphatic rings. The number of aliphatic carboxylic acids is 3. The number of thiol groups is 3. The van der Waals surface area contributed by atoms with Crippen LogP contribution in [0.2, 0.25) is 0 Å².